The summed E-state index contributed by atoms with van der Waals surface area (Å²) in [6.07, 6.45) is 2.02. The van der Waals surface area contributed by atoms with Gasteiger partial charge in [0.2, 0.25) is 0 Å². The fraction of sp³-hybridized carbons (Fsp3) is 0.562. The molecular formula is C16H25N5. The second-order valence-corrected chi connectivity index (χ2v) is 6.34. The molecule has 0 aliphatic carbocycles. The molecule has 0 radical (unpaired) electrons. The summed E-state index contributed by atoms with van der Waals surface area (Å²) >= 11 is 0. The highest BCUT2D eigenvalue weighted by Crippen LogP contribution is 2.22. The molecule has 5 heteroatoms. The molecule has 2 aromatic rings. The summed E-state index contributed by atoms with van der Waals surface area (Å²) in [5.41, 5.74) is 1.24. The van der Waals surface area contributed by atoms with E-state index in [0.717, 1.165) is 18.7 Å². The Kier molecular flexibility index (Phi) is 5.07. The van der Waals surface area contributed by atoms with E-state index >= 15 is 0 Å². The first-order valence-electron chi connectivity index (χ1n) is 7.54. The van der Waals surface area contributed by atoms with E-state index in [9.17, 15) is 0 Å². The third-order valence-corrected chi connectivity index (χ3v) is 3.64. The van der Waals surface area contributed by atoms with E-state index in [2.05, 4.69) is 72.8 Å². The predicted molar refractivity (Wildman–Crippen MR) is 83.9 cm³/mol. The van der Waals surface area contributed by atoms with Crippen LogP contribution in [0.25, 0.3) is 0 Å². The minimum absolute atomic E-state index is 0.104. The van der Waals surface area contributed by atoms with Crippen LogP contribution in [0.2, 0.25) is 0 Å². The quantitative estimate of drug-likeness (QED) is 0.850. The molecule has 0 aliphatic rings. The Bertz CT molecular complexity index is 545. The lowest BCUT2D eigenvalue weighted by atomic mass is 9.95. The molecule has 0 bridgehead atoms. The highest BCUT2D eigenvalue weighted by atomic mass is 15.6. The van der Waals surface area contributed by atoms with Gasteiger partial charge in [0, 0.05) is 6.04 Å². The number of aromatic nitrogens is 4. The summed E-state index contributed by atoms with van der Waals surface area (Å²) in [7, 11) is 0. The van der Waals surface area contributed by atoms with E-state index in [0.29, 0.717) is 12.6 Å². The van der Waals surface area contributed by atoms with Crippen LogP contribution in [-0.2, 0) is 18.5 Å². The molecule has 1 heterocycles. The molecule has 0 saturated carbocycles. The van der Waals surface area contributed by atoms with Crippen LogP contribution in [0.1, 0.15) is 45.5 Å². The molecule has 1 N–H and O–H groups in total. The minimum atomic E-state index is -0.104. The second kappa shape index (κ2) is 6.80. The topological polar surface area (TPSA) is 55.6 Å². The Hall–Kier alpha value is -1.75. The maximum atomic E-state index is 4.19. The molecule has 2 rings (SSSR count). The standard InChI is InChI=1S/C16H25N5/c1-13(2)17-12-15-18-19-20-21(15)16(3,4)11-10-14-8-6-5-7-9-14/h5-9,13,17H,10-12H2,1-4H3. The molecule has 0 spiro atoms. The molecular weight excluding hydrogens is 262 g/mol. The average Bonchev–Trinajstić information content (AvgIpc) is 2.93. The molecule has 1 aromatic heterocycles. The lowest BCUT2D eigenvalue weighted by Gasteiger charge is -2.26. The van der Waals surface area contributed by atoms with Crippen molar-refractivity contribution in [3.8, 4) is 0 Å². The molecule has 5 nitrogen and oxygen atoms in total. The Morgan fingerprint density at radius 3 is 2.57 bits per heavy atom. The largest absolute Gasteiger partial charge is 0.308 e. The molecule has 0 fully saturated rings. The number of nitrogens with one attached hydrogen (secondary N) is 1. The van der Waals surface area contributed by atoms with E-state index in [-0.39, 0.29) is 5.54 Å². The number of rotatable bonds is 7. The molecule has 0 unspecified atom stereocenters. The third-order valence-electron chi connectivity index (χ3n) is 3.64. The van der Waals surface area contributed by atoms with Gasteiger partial charge in [-0.25, -0.2) is 4.68 Å². The summed E-state index contributed by atoms with van der Waals surface area (Å²) in [4.78, 5) is 0. The first-order valence-corrected chi connectivity index (χ1v) is 7.54. The van der Waals surface area contributed by atoms with Gasteiger partial charge in [0.15, 0.2) is 5.82 Å². The van der Waals surface area contributed by atoms with Gasteiger partial charge in [-0.3, -0.25) is 0 Å². The molecule has 114 valence electrons. The van der Waals surface area contributed by atoms with Crippen molar-refractivity contribution >= 4 is 0 Å². The lowest BCUT2D eigenvalue weighted by molar-refractivity contribution is 0.277. The number of benzene rings is 1. The van der Waals surface area contributed by atoms with Gasteiger partial charge in [0.1, 0.15) is 0 Å². The highest BCUT2D eigenvalue weighted by molar-refractivity contribution is 5.15. The maximum Gasteiger partial charge on any atom is 0.165 e. The van der Waals surface area contributed by atoms with Crippen molar-refractivity contribution in [2.45, 2.75) is 58.7 Å². The fourth-order valence-corrected chi connectivity index (χ4v) is 2.28. The van der Waals surface area contributed by atoms with Crippen molar-refractivity contribution in [1.29, 1.82) is 0 Å². The SMILES string of the molecule is CC(C)NCc1nnnn1C(C)(C)CCc1ccccc1. The van der Waals surface area contributed by atoms with Crippen molar-refractivity contribution in [3.05, 3.63) is 41.7 Å². The Balaban J connectivity index is 2.03. The van der Waals surface area contributed by atoms with Crippen LogP contribution in [0.15, 0.2) is 30.3 Å². The molecule has 21 heavy (non-hydrogen) atoms. The number of aryl methyl sites for hydroxylation is 1. The van der Waals surface area contributed by atoms with E-state index in [4.69, 9.17) is 0 Å². The van der Waals surface area contributed by atoms with Crippen LogP contribution >= 0.6 is 0 Å². The zero-order valence-corrected chi connectivity index (χ0v) is 13.4. The van der Waals surface area contributed by atoms with Crippen molar-refractivity contribution in [2.75, 3.05) is 0 Å². The van der Waals surface area contributed by atoms with Crippen molar-refractivity contribution < 1.29 is 0 Å². The Morgan fingerprint density at radius 2 is 1.90 bits per heavy atom. The van der Waals surface area contributed by atoms with Gasteiger partial charge in [-0.2, -0.15) is 0 Å². The van der Waals surface area contributed by atoms with Crippen LogP contribution in [0.3, 0.4) is 0 Å². The number of hydrogen-bond donors (Lipinski definition) is 1. The zero-order chi connectivity index (χ0) is 15.3. The Morgan fingerprint density at radius 1 is 1.19 bits per heavy atom. The van der Waals surface area contributed by atoms with Crippen LogP contribution < -0.4 is 5.32 Å². The third kappa shape index (κ3) is 4.36. The summed E-state index contributed by atoms with van der Waals surface area (Å²) in [5, 5.41) is 15.6. The molecule has 0 amide bonds. The van der Waals surface area contributed by atoms with Crippen LogP contribution in [-0.4, -0.2) is 26.2 Å². The van der Waals surface area contributed by atoms with Crippen LogP contribution in [0.5, 0.6) is 0 Å². The minimum Gasteiger partial charge on any atom is -0.308 e. The summed E-state index contributed by atoms with van der Waals surface area (Å²) < 4.78 is 1.95. The Labute approximate surface area is 126 Å². The molecule has 0 saturated heterocycles. The number of hydrogen-bond acceptors (Lipinski definition) is 4. The van der Waals surface area contributed by atoms with Gasteiger partial charge in [-0.15, -0.1) is 5.10 Å². The number of nitrogens with zero attached hydrogens (tertiary/aromatic N) is 4. The van der Waals surface area contributed by atoms with Gasteiger partial charge in [-0.05, 0) is 42.7 Å². The van der Waals surface area contributed by atoms with Gasteiger partial charge in [0.05, 0.1) is 12.1 Å². The monoisotopic (exact) mass is 287 g/mol. The average molecular weight is 287 g/mol. The second-order valence-electron chi connectivity index (χ2n) is 6.34. The first-order chi connectivity index (χ1) is 9.99. The van der Waals surface area contributed by atoms with Gasteiger partial charge < -0.3 is 5.32 Å². The van der Waals surface area contributed by atoms with E-state index < -0.39 is 0 Å². The van der Waals surface area contributed by atoms with Crippen molar-refractivity contribution in [1.82, 2.24) is 25.5 Å². The van der Waals surface area contributed by atoms with E-state index in [1.165, 1.54) is 5.56 Å². The first kappa shape index (κ1) is 15.6. The van der Waals surface area contributed by atoms with Crippen molar-refractivity contribution in [3.63, 3.8) is 0 Å². The van der Waals surface area contributed by atoms with E-state index in [1.807, 2.05) is 10.7 Å². The summed E-state index contributed by atoms with van der Waals surface area (Å²) in [6.45, 7) is 9.30. The highest BCUT2D eigenvalue weighted by Gasteiger charge is 2.25. The van der Waals surface area contributed by atoms with Gasteiger partial charge in [0.25, 0.3) is 0 Å². The smallest absolute Gasteiger partial charge is 0.165 e. The predicted octanol–water partition coefficient (Wildman–Crippen LogP) is 2.54. The van der Waals surface area contributed by atoms with E-state index in [1.54, 1.807) is 0 Å². The molecule has 0 atom stereocenters. The zero-order valence-electron chi connectivity index (χ0n) is 13.4. The fourth-order valence-electron chi connectivity index (χ4n) is 2.28. The normalized spacial score (nSPS) is 12.0. The number of tetrazole rings is 1. The lowest BCUT2D eigenvalue weighted by Crippen LogP contribution is -2.33. The maximum absolute atomic E-state index is 4.19. The van der Waals surface area contributed by atoms with Crippen LogP contribution in [0.4, 0.5) is 0 Å². The van der Waals surface area contributed by atoms with Gasteiger partial charge >= 0.3 is 0 Å². The van der Waals surface area contributed by atoms with Gasteiger partial charge in [-0.1, -0.05) is 44.2 Å². The van der Waals surface area contributed by atoms with Crippen LogP contribution in [0, 0.1) is 0 Å². The summed E-state index contributed by atoms with van der Waals surface area (Å²) in [6, 6.07) is 11.0. The summed E-state index contributed by atoms with van der Waals surface area (Å²) in [5.74, 6) is 0.891. The molecule has 0 aliphatic heterocycles. The van der Waals surface area contributed by atoms with Crippen molar-refractivity contribution in [2.24, 2.45) is 0 Å². The molecule has 1 aromatic carbocycles.